The van der Waals surface area contributed by atoms with Crippen molar-refractivity contribution in [2.24, 2.45) is 11.5 Å². The van der Waals surface area contributed by atoms with Crippen LogP contribution in [0.3, 0.4) is 0 Å². The van der Waals surface area contributed by atoms with Crippen molar-refractivity contribution in [1.82, 2.24) is 0 Å². The number of hydrogen-bond donors (Lipinski definition) is 2. The molecular weight excluding hydrogens is 328 g/mol. The Morgan fingerprint density at radius 1 is 1.08 bits per heavy atom. The average molecular weight is 363 g/mol. The van der Waals surface area contributed by atoms with Gasteiger partial charge in [0.15, 0.2) is 20.7 Å². The highest BCUT2D eigenvalue weighted by Crippen LogP contribution is 2.37. The van der Waals surface area contributed by atoms with Crippen LogP contribution in [0, 0.1) is 0 Å². The number of carbonyl (C=O) groups excluding carboxylic acids is 2. The highest BCUT2D eigenvalue weighted by atomic mass is 28.4. The molecule has 0 fully saturated rings. The van der Waals surface area contributed by atoms with Crippen molar-refractivity contribution >= 4 is 20.2 Å². The number of nitrogens with two attached hydrogens (primary N) is 2. The molecule has 0 aliphatic carbocycles. The zero-order valence-electron chi connectivity index (χ0n) is 16.3. The lowest BCUT2D eigenvalue weighted by Crippen LogP contribution is -2.55. The molecule has 24 heavy (non-hydrogen) atoms. The van der Waals surface area contributed by atoms with Crippen LogP contribution in [0.25, 0.3) is 0 Å². The number of primary amides is 1. The van der Waals surface area contributed by atoms with E-state index in [1.165, 1.54) is 0 Å². The van der Waals surface area contributed by atoms with E-state index < -0.39 is 38.9 Å². The fraction of sp³-hybridized carbons (Fsp3) is 0.875. The molecule has 0 aromatic carbocycles. The molecule has 0 rings (SSSR count). The smallest absolute Gasteiger partial charge is 0.404 e. The van der Waals surface area contributed by atoms with E-state index in [1.54, 1.807) is 0 Å². The standard InChI is InChI=1S/C16H34N2O5Si/c1-15(2,3)22-9-11(17)13(12(19)10-21-14(18)20)23-24(7,8)16(4,5)6/h11,13H,9-10,17H2,1-8H3,(H2,18,20). The largest absolute Gasteiger partial charge is 0.442 e. The van der Waals surface area contributed by atoms with Crippen molar-refractivity contribution in [2.75, 3.05) is 13.2 Å². The van der Waals surface area contributed by atoms with Crippen LogP contribution in [-0.4, -0.2) is 51.2 Å². The van der Waals surface area contributed by atoms with E-state index in [2.05, 4.69) is 25.5 Å². The third-order valence-electron chi connectivity index (χ3n) is 4.00. The molecule has 4 N–H and O–H groups in total. The maximum Gasteiger partial charge on any atom is 0.404 e. The molecule has 0 aliphatic rings. The summed E-state index contributed by atoms with van der Waals surface area (Å²) in [6, 6.07) is -0.665. The van der Waals surface area contributed by atoms with Crippen molar-refractivity contribution in [2.45, 2.75) is 77.4 Å². The SMILES string of the molecule is CC(C)(C)OCC(N)C(O[Si](C)(C)C(C)(C)C)C(=O)COC(N)=O. The second-order valence-corrected chi connectivity index (χ2v) is 13.2. The van der Waals surface area contributed by atoms with E-state index in [-0.39, 0.29) is 17.2 Å². The molecule has 1 amide bonds. The van der Waals surface area contributed by atoms with Crippen LogP contribution >= 0.6 is 0 Å². The minimum Gasteiger partial charge on any atom is -0.442 e. The van der Waals surface area contributed by atoms with Crippen LogP contribution in [0.5, 0.6) is 0 Å². The Balaban J connectivity index is 5.21. The van der Waals surface area contributed by atoms with E-state index in [1.807, 2.05) is 33.9 Å². The summed E-state index contributed by atoms with van der Waals surface area (Å²) in [7, 11) is -2.25. The summed E-state index contributed by atoms with van der Waals surface area (Å²) in [4.78, 5) is 23.2. The molecule has 0 aromatic rings. The van der Waals surface area contributed by atoms with E-state index in [4.69, 9.17) is 20.6 Å². The Morgan fingerprint density at radius 2 is 1.58 bits per heavy atom. The predicted octanol–water partition coefficient (Wildman–Crippen LogP) is 2.18. The lowest BCUT2D eigenvalue weighted by molar-refractivity contribution is -0.131. The first-order chi connectivity index (χ1) is 10.6. The predicted molar refractivity (Wildman–Crippen MR) is 96.3 cm³/mol. The molecule has 2 unspecified atom stereocenters. The maximum atomic E-state index is 12.4. The monoisotopic (exact) mass is 362 g/mol. The summed E-state index contributed by atoms with van der Waals surface area (Å²) in [5.41, 5.74) is 10.7. The molecule has 0 aromatic heterocycles. The van der Waals surface area contributed by atoms with Crippen molar-refractivity contribution in [1.29, 1.82) is 0 Å². The van der Waals surface area contributed by atoms with Crippen LogP contribution in [-0.2, 0) is 18.7 Å². The summed E-state index contributed by atoms with van der Waals surface area (Å²) < 4.78 is 16.5. The molecule has 0 aliphatic heterocycles. The Hall–Kier alpha value is -0.963. The van der Waals surface area contributed by atoms with Gasteiger partial charge in [0.25, 0.3) is 0 Å². The zero-order chi connectivity index (χ0) is 19.3. The average Bonchev–Trinajstić information content (AvgIpc) is 2.37. The molecule has 0 saturated heterocycles. The maximum absolute atomic E-state index is 12.4. The number of ether oxygens (including phenoxy) is 2. The van der Waals surface area contributed by atoms with E-state index >= 15 is 0 Å². The number of rotatable bonds is 8. The van der Waals surface area contributed by atoms with Gasteiger partial charge in [0.1, 0.15) is 6.10 Å². The van der Waals surface area contributed by atoms with Gasteiger partial charge in [-0.2, -0.15) is 0 Å². The first kappa shape index (κ1) is 23.0. The molecule has 8 heteroatoms. The molecule has 0 spiro atoms. The molecule has 0 heterocycles. The van der Waals surface area contributed by atoms with Gasteiger partial charge >= 0.3 is 6.09 Å². The molecule has 0 radical (unpaired) electrons. The van der Waals surface area contributed by atoms with E-state index in [0.717, 1.165) is 0 Å². The number of carbonyl (C=O) groups is 2. The fourth-order valence-electron chi connectivity index (χ4n) is 1.54. The number of ketones is 1. The second kappa shape index (κ2) is 8.42. The molecule has 2 atom stereocenters. The van der Waals surface area contributed by atoms with Gasteiger partial charge in [-0.15, -0.1) is 0 Å². The number of hydrogen-bond acceptors (Lipinski definition) is 6. The number of amides is 1. The van der Waals surface area contributed by atoms with Gasteiger partial charge < -0.3 is 25.4 Å². The van der Waals surface area contributed by atoms with Crippen molar-refractivity contribution in [3.8, 4) is 0 Å². The summed E-state index contributed by atoms with van der Waals surface area (Å²) >= 11 is 0. The lowest BCUT2D eigenvalue weighted by Gasteiger charge is -2.40. The summed E-state index contributed by atoms with van der Waals surface area (Å²) in [5.74, 6) is -0.413. The first-order valence-corrected chi connectivity index (χ1v) is 11.0. The second-order valence-electron chi connectivity index (χ2n) is 8.46. The molecule has 142 valence electrons. The van der Waals surface area contributed by atoms with Gasteiger partial charge in [-0.25, -0.2) is 4.79 Å². The van der Waals surface area contributed by atoms with Gasteiger partial charge in [0, 0.05) is 0 Å². The van der Waals surface area contributed by atoms with Gasteiger partial charge in [-0.3, -0.25) is 4.79 Å². The summed E-state index contributed by atoms with van der Waals surface area (Å²) in [6.45, 7) is 15.7. The highest BCUT2D eigenvalue weighted by molar-refractivity contribution is 6.74. The highest BCUT2D eigenvalue weighted by Gasteiger charge is 2.42. The summed E-state index contributed by atoms with van der Waals surface area (Å²) in [6.07, 6.45) is -1.92. The topological polar surface area (TPSA) is 114 Å². The van der Waals surface area contributed by atoms with Crippen LogP contribution in [0.2, 0.25) is 18.1 Å². The van der Waals surface area contributed by atoms with Crippen molar-refractivity contribution in [3.63, 3.8) is 0 Å². The Bertz CT molecular complexity index is 441. The summed E-state index contributed by atoms with van der Waals surface area (Å²) in [5, 5.41) is -0.0965. The van der Waals surface area contributed by atoms with Crippen molar-refractivity contribution < 1.29 is 23.5 Å². The van der Waals surface area contributed by atoms with Gasteiger partial charge in [0.05, 0.1) is 18.2 Å². The van der Waals surface area contributed by atoms with Crippen molar-refractivity contribution in [3.05, 3.63) is 0 Å². The van der Waals surface area contributed by atoms with E-state index in [9.17, 15) is 9.59 Å². The normalized spacial score (nSPS) is 15.7. The van der Waals surface area contributed by atoms with Crippen LogP contribution in [0.4, 0.5) is 4.79 Å². The Kier molecular flexibility index (Phi) is 8.08. The molecule has 7 nitrogen and oxygen atoms in total. The minimum absolute atomic E-state index is 0.0965. The van der Waals surface area contributed by atoms with Crippen LogP contribution in [0.1, 0.15) is 41.5 Å². The number of Topliss-reactive ketones (excluding diaryl/α,β-unsaturated/α-hetero) is 1. The third kappa shape index (κ3) is 8.23. The lowest BCUT2D eigenvalue weighted by atomic mass is 10.1. The molecule has 0 saturated carbocycles. The molecule has 0 bridgehead atoms. The van der Waals surface area contributed by atoms with Gasteiger partial charge in [-0.05, 0) is 38.9 Å². The molecular formula is C16H34N2O5Si. The quantitative estimate of drug-likeness (QED) is 0.640. The van der Waals surface area contributed by atoms with Gasteiger partial charge in [0.2, 0.25) is 0 Å². The fourth-order valence-corrected chi connectivity index (χ4v) is 2.84. The zero-order valence-corrected chi connectivity index (χ0v) is 17.3. The Labute approximate surface area is 146 Å². The Morgan fingerprint density at radius 3 is 1.96 bits per heavy atom. The van der Waals surface area contributed by atoms with Crippen LogP contribution < -0.4 is 11.5 Å². The van der Waals surface area contributed by atoms with E-state index in [0.29, 0.717) is 0 Å². The van der Waals surface area contributed by atoms with Crippen LogP contribution in [0.15, 0.2) is 0 Å². The minimum atomic E-state index is -2.25. The van der Waals surface area contributed by atoms with Gasteiger partial charge in [-0.1, -0.05) is 20.8 Å². The first-order valence-electron chi connectivity index (χ1n) is 8.09. The third-order valence-corrected chi connectivity index (χ3v) is 8.46.